The van der Waals surface area contributed by atoms with Crippen molar-refractivity contribution >= 4 is 0 Å². The van der Waals surface area contributed by atoms with Gasteiger partial charge in [-0.05, 0) is 52.3 Å². The van der Waals surface area contributed by atoms with E-state index in [2.05, 4.69) is 27.0 Å². The van der Waals surface area contributed by atoms with Crippen molar-refractivity contribution in [3.05, 3.63) is 41.4 Å². The molecule has 0 bridgehead atoms. The standard InChI is InChI=1S/C20H28N4O2/c1-15-18(16(2)26-22-15)11-24-13-20(14-24)10-17(7-9-23(20)3)12-25-19-6-4-5-8-21-19/h4-6,8,17H,7,9-14H2,1-3H3. The Morgan fingerprint density at radius 3 is 2.85 bits per heavy atom. The minimum absolute atomic E-state index is 0.287. The van der Waals surface area contributed by atoms with Gasteiger partial charge >= 0.3 is 0 Å². The van der Waals surface area contributed by atoms with Crippen molar-refractivity contribution in [2.45, 2.75) is 38.8 Å². The second-order valence-electron chi connectivity index (χ2n) is 7.93. The van der Waals surface area contributed by atoms with Crippen LogP contribution >= 0.6 is 0 Å². The highest BCUT2D eigenvalue weighted by molar-refractivity contribution is 5.22. The van der Waals surface area contributed by atoms with Gasteiger partial charge < -0.3 is 9.26 Å². The molecule has 2 aromatic rings. The number of hydrogen-bond donors (Lipinski definition) is 0. The number of rotatable bonds is 5. The fourth-order valence-corrected chi connectivity index (χ4v) is 4.41. The van der Waals surface area contributed by atoms with E-state index in [-0.39, 0.29) is 5.54 Å². The first-order valence-electron chi connectivity index (χ1n) is 9.45. The number of hydrogen-bond acceptors (Lipinski definition) is 6. The number of likely N-dealkylation sites (tertiary alicyclic amines) is 2. The predicted molar refractivity (Wildman–Crippen MR) is 99.1 cm³/mol. The Balaban J connectivity index is 1.33. The Morgan fingerprint density at radius 2 is 2.15 bits per heavy atom. The molecule has 0 saturated carbocycles. The van der Waals surface area contributed by atoms with E-state index in [0.717, 1.165) is 50.1 Å². The lowest BCUT2D eigenvalue weighted by atomic mass is 9.75. The highest BCUT2D eigenvalue weighted by Gasteiger charge is 2.49. The monoisotopic (exact) mass is 356 g/mol. The Labute approximate surface area is 155 Å². The molecule has 1 unspecified atom stereocenters. The van der Waals surface area contributed by atoms with E-state index in [0.29, 0.717) is 5.92 Å². The Kier molecular flexibility index (Phi) is 4.71. The van der Waals surface area contributed by atoms with Crippen LogP contribution in [0.1, 0.15) is 29.9 Å². The predicted octanol–water partition coefficient (Wildman–Crippen LogP) is 2.66. The second kappa shape index (κ2) is 7.00. The molecule has 0 N–H and O–H groups in total. The number of piperidine rings is 1. The second-order valence-corrected chi connectivity index (χ2v) is 7.93. The molecule has 4 rings (SSSR count). The van der Waals surface area contributed by atoms with E-state index >= 15 is 0 Å². The Hall–Kier alpha value is -1.92. The van der Waals surface area contributed by atoms with Gasteiger partial charge in [-0.3, -0.25) is 9.80 Å². The van der Waals surface area contributed by atoms with E-state index in [1.807, 2.05) is 32.0 Å². The van der Waals surface area contributed by atoms with Gasteiger partial charge in [-0.15, -0.1) is 0 Å². The van der Waals surface area contributed by atoms with Crippen molar-refractivity contribution in [2.75, 3.05) is 33.3 Å². The largest absolute Gasteiger partial charge is 0.477 e. The number of likely N-dealkylation sites (N-methyl/N-ethyl adjacent to an activating group) is 1. The van der Waals surface area contributed by atoms with Crippen LogP contribution in [0.25, 0.3) is 0 Å². The number of nitrogens with zero attached hydrogens (tertiary/aromatic N) is 4. The molecule has 6 nitrogen and oxygen atoms in total. The normalized spacial score (nSPS) is 23.1. The van der Waals surface area contributed by atoms with Gasteiger partial charge in [0.1, 0.15) is 5.76 Å². The van der Waals surface area contributed by atoms with Crippen LogP contribution in [0.2, 0.25) is 0 Å². The third kappa shape index (κ3) is 3.35. The molecule has 4 heterocycles. The molecule has 0 amide bonds. The van der Waals surface area contributed by atoms with Crippen molar-refractivity contribution < 1.29 is 9.26 Å². The van der Waals surface area contributed by atoms with Gasteiger partial charge in [0.15, 0.2) is 0 Å². The van der Waals surface area contributed by atoms with Crippen LogP contribution in [0.15, 0.2) is 28.9 Å². The summed E-state index contributed by atoms with van der Waals surface area (Å²) in [5, 5.41) is 4.08. The molecule has 0 aromatic carbocycles. The van der Waals surface area contributed by atoms with E-state index in [1.165, 1.54) is 18.4 Å². The molecule has 140 valence electrons. The third-order valence-corrected chi connectivity index (χ3v) is 6.05. The molecule has 26 heavy (non-hydrogen) atoms. The quantitative estimate of drug-likeness (QED) is 0.821. The summed E-state index contributed by atoms with van der Waals surface area (Å²) in [7, 11) is 2.27. The first-order valence-corrected chi connectivity index (χ1v) is 9.45. The van der Waals surface area contributed by atoms with Crippen LogP contribution in [-0.4, -0.2) is 58.8 Å². The average Bonchev–Trinajstić information content (AvgIpc) is 2.93. The lowest BCUT2D eigenvalue weighted by molar-refractivity contribution is -0.0876. The average molecular weight is 356 g/mol. The summed E-state index contributed by atoms with van der Waals surface area (Å²) in [6.45, 7) is 9.07. The third-order valence-electron chi connectivity index (χ3n) is 6.05. The van der Waals surface area contributed by atoms with Crippen molar-refractivity contribution in [1.82, 2.24) is 19.9 Å². The minimum atomic E-state index is 0.287. The van der Waals surface area contributed by atoms with Crippen LogP contribution in [-0.2, 0) is 6.54 Å². The zero-order chi connectivity index (χ0) is 18.1. The van der Waals surface area contributed by atoms with Gasteiger partial charge in [0.05, 0.1) is 12.3 Å². The lowest BCUT2D eigenvalue weighted by Gasteiger charge is -2.58. The van der Waals surface area contributed by atoms with E-state index in [9.17, 15) is 0 Å². The maximum atomic E-state index is 5.92. The van der Waals surface area contributed by atoms with Crippen molar-refractivity contribution in [2.24, 2.45) is 5.92 Å². The van der Waals surface area contributed by atoms with E-state index in [4.69, 9.17) is 9.26 Å². The first kappa shape index (κ1) is 17.5. The van der Waals surface area contributed by atoms with Crippen LogP contribution in [0.4, 0.5) is 0 Å². The lowest BCUT2D eigenvalue weighted by Crippen LogP contribution is -2.71. The molecule has 6 heteroatoms. The van der Waals surface area contributed by atoms with Gasteiger partial charge in [-0.1, -0.05) is 11.2 Å². The molecule has 2 fully saturated rings. The maximum absolute atomic E-state index is 5.92. The van der Waals surface area contributed by atoms with Gasteiger partial charge in [-0.25, -0.2) is 4.98 Å². The fourth-order valence-electron chi connectivity index (χ4n) is 4.41. The van der Waals surface area contributed by atoms with Gasteiger partial charge in [-0.2, -0.15) is 0 Å². The molecular formula is C20H28N4O2. The first-order chi connectivity index (χ1) is 12.6. The van der Waals surface area contributed by atoms with E-state index in [1.54, 1.807) is 6.20 Å². The van der Waals surface area contributed by atoms with E-state index < -0.39 is 0 Å². The highest BCUT2D eigenvalue weighted by atomic mass is 16.5. The Morgan fingerprint density at radius 1 is 1.31 bits per heavy atom. The molecule has 2 aliphatic rings. The summed E-state index contributed by atoms with van der Waals surface area (Å²) in [6, 6.07) is 5.82. The number of aromatic nitrogens is 2. The van der Waals surface area contributed by atoms with Gasteiger partial charge in [0.25, 0.3) is 0 Å². The van der Waals surface area contributed by atoms with Gasteiger partial charge in [0, 0.05) is 43.0 Å². The van der Waals surface area contributed by atoms with Crippen LogP contribution < -0.4 is 4.74 Å². The molecule has 2 aromatic heterocycles. The van der Waals surface area contributed by atoms with Crippen molar-refractivity contribution in [3.63, 3.8) is 0 Å². The molecule has 0 radical (unpaired) electrons. The molecule has 1 spiro atoms. The molecule has 2 saturated heterocycles. The zero-order valence-corrected chi connectivity index (χ0v) is 15.9. The Bertz CT molecular complexity index is 720. The number of aryl methyl sites for hydroxylation is 2. The summed E-state index contributed by atoms with van der Waals surface area (Å²) >= 11 is 0. The SMILES string of the molecule is Cc1noc(C)c1CN1CC2(CC(COc3ccccn3)CCN2C)C1. The van der Waals surface area contributed by atoms with Crippen molar-refractivity contribution in [1.29, 1.82) is 0 Å². The fraction of sp³-hybridized carbons (Fsp3) is 0.600. The maximum Gasteiger partial charge on any atom is 0.213 e. The molecule has 2 aliphatic heterocycles. The summed E-state index contributed by atoms with van der Waals surface area (Å²) in [6.07, 6.45) is 4.16. The molecule has 0 aliphatic carbocycles. The van der Waals surface area contributed by atoms with Crippen LogP contribution in [0.3, 0.4) is 0 Å². The molecule has 1 atom stereocenters. The topological polar surface area (TPSA) is 54.6 Å². The van der Waals surface area contributed by atoms with Crippen LogP contribution in [0.5, 0.6) is 5.88 Å². The summed E-state index contributed by atoms with van der Waals surface area (Å²) in [5.41, 5.74) is 2.55. The smallest absolute Gasteiger partial charge is 0.213 e. The highest BCUT2D eigenvalue weighted by Crippen LogP contribution is 2.39. The summed E-state index contributed by atoms with van der Waals surface area (Å²) in [5.74, 6) is 2.27. The van der Waals surface area contributed by atoms with Crippen molar-refractivity contribution in [3.8, 4) is 5.88 Å². The zero-order valence-electron chi connectivity index (χ0n) is 15.9. The summed E-state index contributed by atoms with van der Waals surface area (Å²) in [4.78, 5) is 9.32. The number of pyridine rings is 1. The molecular weight excluding hydrogens is 328 g/mol. The van der Waals surface area contributed by atoms with Gasteiger partial charge in [0.2, 0.25) is 5.88 Å². The number of ether oxygens (including phenoxy) is 1. The summed E-state index contributed by atoms with van der Waals surface area (Å²) < 4.78 is 11.2. The minimum Gasteiger partial charge on any atom is -0.477 e. The van der Waals surface area contributed by atoms with Crippen LogP contribution in [0, 0.1) is 19.8 Å².